The van der Waals surface area contributed by atoms with Gasteiger partial charge in [0.1, 0.15) is 5.82 Å². The van der Waals surface area contributed by atoms with Gasteiger partial charge in [-0.3, -0.25) is 0 Å². The van der Waals surface area contributed by atoms with E-state index in [4.69, 9.17) is 5.73 Å². The highest BCUT2D eigenvalue weighted by Gasteiger charge is 2.34. The molecule has 0 saturated heterocycles. The summed E-state index contributed by atoms with van der Waals surface area (Å²) >= 11 is 0. The van der Waals surface area contributed by atoms with Crippen molar-refractivity contribution in [3.63, 3.8) is 0 Å². The van der Waals surface area contributed by atoms with Gasteiger partial charge in [-0.2, -0.15) is 0 Å². The molecule has 0 spiro atoms. The number of fused-ring (bicyclic) bond motifs is 1. The minimum atomic E-state index is 0.596. The van der Waals surface area contributed by atoms with Gasteiger partial charge in [-0.05, 0) is 49.8 Å². The molecule has 3 heteroatoms. The third kappa shape index (κ3) is 1.92. The number of anilines is 1. The largest absolute Gasteiger partial charge is 0.399 e. The molecule has 1 aromatic heterocycles. The number of hydrogen-bond acceptors (Lipinski definition) is 2. The van der Waals surface area contributed by atoms with Crippen LogP contribution < -0.4 is 5.73 Å². The van der Waals surface area contributed by atoms with Gasteiger partial charge in [0, 0.05) is 11.7 Å². The SMILES string of the molecule is CCC1CCC(n2c(C)nc3cc(N)ccc32)C1C. The van der Waals surface area contributed by atoms with Crippen LogP contribution in [0.2, 0.25) is 0 Å². The molecule has 0 bridgehead atoms. The van der Waals surface area contributed by atoms with Gasteiger partial charge < -0.3 is 10.3 Å². The van der Waals surface area contributed by atoms with Crippen molar-refractivity contribution < 1.29 is 0 Å². The summed E-state index contributed by atoms with van der Waals surface area (Å²) < 4.78 is 2.44. The minimum absolute atomic E-state index is 0.596. The molecule has 3 unspecified atom stereocenters. The van der Waals surface area contributed by atoms with E-state index in [-0.39, 0.29) is 0 Å². The highest BCUT2D eigenvalue weighted by Crippen LogP contribution is 2.43. The molecule has 0 aliphatic heterocycles. The van der Waals surface area contributed by atoms with E-state index in [9.17, 15) is 0 Å². The predicted molar refractivity (Wildman–Crippen MR) is 80.1 cm³/mol. The van der Waals surface area contributed by atoms with Gasteiger partial charge in [0.05, 0.1) is 11.0 Å². The van der Waals surface area contributed by atoms with Crippen molar-refractivity contribution in [1.82, 2.24) is 9.55 Å². The zero-order valence-corrected chi connectivity index (χ0v) is 12.1. The lowest BCUT2D eigenvalue weighted by Gasteiger charge is -2.23. The fourth-order valence-corrected chi connectivity index (χ4v) is 3.82. The van der Waals surface area contributed by atoms with Crippen LogP contribution in [0.5, 0.6) is 0 Å². The van der Waals surface area contributed by atoms with Gasteiger partial charge in [-0.25, -0.2) is 4.98 Å². The third-order valence-electron chi connectivity index (χ3n) is 4.93. The van der Waals surface area contributed by atoms with Crippen LogP contribution in [-0.2, 0) is 0 Å². The zero-order valence-electron chi connectivity index (χ0n) is 12.1. The molecule has 1 saturated carbocycles. The highest BCUT2D eigenvalue weighted by atomic mass is 15.1. The van der Waals surface area contributed by atoms with Crippen LogP contribution in [0.1, 0.15) is 45.0 Å². The molecule has 2 aromatic rings. The summed E-state index contributed by atoms with van der Waals surface area (Å²) in [5, 5.41) is 0. The van der Waals surface area contributed by atoms with Crippen molar-refractivity contribution in [2.75, 3.05) is 5.73 Å². The minimum Gasteiger partial charge on any atom is -0.399 e. The highest BCUT2D eigenvalue weighted by molar-refractivity contribution is 5.79. The van der Waals surface area contributed by atoms with Crippen molar-refractivity contribution >= 4 is 16.7 Å². The van der Waals surface area contributed by atoms with Gasteiger partial charge in [0.25, 0.3) is 0 Å². The van der Waals surface area contributed by atoms with Crippen LogP contribution in [0.4, 0.5) is 5.69 Å². The Kier molecular flexibility index (Phi) is 3.00. The average molecular weight is 257 g/mol. The topological polar surface area (TPSA) is 43.8 Å². The number of rotatable bonds is 2. The number of nitrogen functional groups attached to an aromatic ring is 1. The van der Waals surface area contributed by atoms with E-state index < -0.39 is 0 Å². The number of nitrogens with two attached hydrogens (primary N) is 1. The molecular formula is C16H23N3. The Morgan fingerprint density at radius 2 is 2.16 bits per heavy atom. The Morgan fingerprint density at radius 3 is 2.84 bits per heavy atom. The lowest BCUT2D eigenvalue weighted by atomic mass is 9.93. The Morgan fingerprint density at radius 1 is 1.37 bits per heavy atom. The maximum atomic E-state index is 5.86. The van der Waals surface area contributed by atoms with Gasteiger partial charge in [0.2, 0.25) is 0 Å². The second-order valence-corrected chi connectivity index (χ2v) is 5.95. The monoisotopic (exact) mass is 257 g/mol. The molecule has 1 aromatic carbocycles. The smallest absolute Gasteiger partial charge is 0.106 e. The lowest BCUT2D eigenvalue weighted by molar-refractivity contribution is 0.331. The van der Waals surface area contributed by atoms with Gasteiger partial charge in [-0.15, -0.1) is 0 Å². The molecule has 19 heavy (non-hydrogen) atoms. The average Bonchev–Trinajstić information content (AvgIpc) is 2.88. The first-order chi connectivity index (χ1) is 9.11. The summed E-state index contributed by atoms with van der Waals surface area (Å²) in [5.74, 6) is 2.71. The number of aromatic nitrogens is 2. The molecule has 3 atom stereocenters. The molecule has 1 aliphatic carbocycles. The van der Waals surface area contributed by atoms with E-state index in [1.807, 2.05) is 12.1 Å². The Balaban J connectivity index is 2.08. The van der Waals surface area contributed by atoms with E-state index in [2.05, 4.69) is 36.4 Å². The Hall–Kier alpha value is -1.51. The second-order valence-electron chi connectivity index (χ2n) is 5.95. The molecular weight excluding hydrogens is 234 g/mol. The van der Waals surface area contributed by atoms with Crippen molar-refractivity contribution in [3.05, 3.63) is 24.0 Å². The van der Waals surface area contributed by atoms with Crippen LogP contribution in [-0.4, -0.2) is 9.55 Å². The maximum absolute atomic E-state index is 5.86. The van der Waals surface area contributed by atoms with Crippen LogP contribution in [0.3, 0.4) is 0 Å². The quantitative estimate of drug-likeness (QED) is 0.828. The third-order valence-corrected chi connectivity index (χ3v) is 4.93. The maximum Gasteiger partial charge on any atom is 0.106 e. The summed E-state index contributed by atoms with van der Waals surface area (Å²) in [7, 11) is 0. The summed E-state index contributed by atoms with van der Waals surface area (Å²) in [6.07, 6.45) is 3.91. The van der Waals surface area contributed by atoms with E-state index in [1.54, 1.807) is 0 Å². The zero-order chi connectivity index (χ0) is 13.6. The number of aryl methyl sites for hydroxylation is 1. The molecule has 1 fully saturated rings. The van der Waals surface area contributed by atoms with Crippen LogP contribution in [0, 0.1) is 18.8 Å². The van der Waals surface area contributed by atoms with Crippen LogP contribution in [0.15, 0.2) is 18.2 Å². The van der Waals surface area contributed by atoms with Crippen LogP contribution >= 0.6 is 0 Å². The normalized spacial score (nSPS) is 27.2. The molecule has 0 amide bonds. The fourth-order valence-electron chi connectivity index (χ4n) is 3.82. The fraction of sp³-hybridized carbons (Fsp3) is 0.562. The molecule has 102 valence electrons. The second kappa shape index (κ2) is 4.55. The summed E-state index contributed by atoms with van der Waals surface area (Å²) in [5.41, 5.74) is 8.92. The van der Waals surface area contributed by atoms with Crippen LogP contribution in [0.25, 0.3) is 11.0 Å². The number of hydrogen-bond donors (Lipinski definition) is 1. The molecule has 2 N–H and O–H groups in total. The standard InChI is InChI=1S/C16H23N3/c1-4-12-5-7-15(10(12)2)19-11(3)18-14-9-13(17)6-8-16(14)19/h6,8-10,12,15H,4-5,7,17H2,1-3H3. The number of benzene rings is 1. The summed E-state index contributed by atoms with van der Waals surface area (Å²) in [4.78, 5) is 4.69. The van der Waals surface area contributed by atoms with E-state index in [0.29, 0.717) is 6.04 Å². The summed E-state index contributed by atoms with van der Waals surface area (Å²) in [6.45, 7) is 6.82. The first kappa shape index (κ1) is 12.5. The van der Waals surface area contributed by atoms with Crippen molar-refractivity contribution in [1.29, 1.82) is 0 Å². The molecule has 1 heterocycles. The Bertz CT molecular complexity index is 599. The van der Waals surface area contributed by atoms with Gasteiger partial charge in [-0.1, -0.05) is 20.3 Å². The number of nitrogens with zero attached hydrogens (tertiary/aromatic N) is 2. The van der Waals surface area contributed by atoms with Crippen molar-refractivity contribution in [2.45, 2.75) is 46.1 Å². The Labute approximate surface area is 114 Å². The van der Waals surface area contributed by atoms with Gasteiger partial charge in [0.15, 0.2) is 0 Å². The molecule has 1 aliphatic rings. The number of imidazole rings is 1. The molecule has 3 rings (SSSR count). The van der Waals surface area contributed by atoms with Crippen molar-refractivity contribution in [3.8, 4) is 0 Å². The van der Waals surface area contributed by atoms with Gasteiger partial charge >= 0.3 is 0 Å². The first-order valence-corrected chi connectivity index (χ1v) is 7.36. The molecule has 0 radical (unpaired) electrons. The first-order valence-electron chi connectivity index (χ1n) is 7.36. The van der Waals surface area contributed by atoms with E-state index in [0.717, 1.165) is 28.9 Å². The summed E-state index contributed by atoms with van der Waals surface area (Å²) in [6, 6.07) is 6.68. The van der Waals surface area contributed by atoms with Crippen molar-refractivity contribution in [2.24, 2.45) is 11.8 Å². The molecule has 3 nitrogen and oxygen atoms in total. The van der Waals surface area contributed by atoms with E-state index >= 15 is 0 Å². The lowest BCUT2D eigenvalue weighted by Crippen LogP contribution is -2.16. The van der Waals surface area contributed by atoms with E-state index in [1.165, 1.54) is 24.8 Å². The predicted octanol–water partition coefficient (Wildman–Crippen LogP) is 3.92.